The minimum Gasteiger partial charge on any atom is -0.388 e. The Balaban J connectivity index is 2.14. The Morgan fingerprint density at radius 2 is 2.17 bits per heavy atom. The Hall–Kier alpha value is -1.28. The maximum absolute atomic E-state index is 4.33. The Kier molecular flexibility index (Phi) is 4.43. The van der Waals surface area contributed by atoms with Gasteiger partial charge in [0.25, 0.3) is 0 Å². The number of para-hydroxylation sites is 1. The molecule has 98 valence electrons. The monoisotopic (exact) mass is 244 g/mol. The Labute approximate surface area is 110 Å². The number of rotatable bonds is 4. The smallest absolute Gasteiger partial charge is 0.0413 e. The summed E-state index contributed by atoms with van der Waals surface area (Å²) in [5.41, 5.74) is 3.66. The minimum absolute atomic E-state index is 0.486. The van der Waals surface area contributed by atoms with Gasteiger partial charge in [-0.05, 0) is 36.9 Å². The molecule has 2 N–H and O–H groups in total. The van der Waals surface area contributed by atoms with Gasteiger partial charge in [-0.15, -0.1) is 0 Å². The number of nitrogens with one attached hydrogen (secondary N) is 2. The van der Waals surface area contributed by atoms with Crippen LogP contribution in [0.15, 0.2) is 30.8 Å². The topological polar surface area (TPSA) is 24.1 Å². The standard InChI is InChI=1S/C16H24N2/c1-12(13(2)15-9-6-7-11-18-15)14-8-4-5-10-16(14)17-3/h4-5,8,10,13,15,17-18H,1,6-7,9,11H2,2-3H3. The molecule has 1 aromatic carbocycles. The van der Waals surface area contributed by atoms with Crippen LogP contribution in [0.3, 0.4) is 0 Å². The molecule has 1 fully saturated rings. The highest BCUT2D eigenvalue weighted by molar-refractivity contribution is 5.76. The van der Waals surface area contributed by atoms with Gasteiger partial charge in [-0.2, -0.15) is 0 Å². The van der Waals surface area contributed by atoms with Crippen molar-refractivity contribution in [1.29, 1.82) is 0 Å². The predicted octanol–water partition coefficient (Wildman–Crippen LogP) is 3.52. The molecule has 18 heavy (non-hydrogen) atoms. The van der Waals surface area contributed by atoms with Gasteiger partial charge in [0.05, 0.1) is 0 Å². The average Bonchev–Trinajstić information content (AvgIpc) is 2.46. The molecule has 0 aromatic heterocycles. The summed E-state index contributed by atoms with van der Waals surface area (Å²) in [5, 5.41) is 6.88. The lowest BCUT2D eigenvalue weighted by molar-refractivity contribution is 0.352. The molecule has 0 radical (unpaired) electrons. The number of anilines is 1. The summed E-state index contributed by atoms with van der Waals surface area (Å²) in [7, 11) is 1.97. The fourth-order valence-electron chi connectivity index (χ4n) is 2.77. The minimum atomic E-state index is 0.486. The zero-order valence-electron chi connectivity index (χ0n) is 11.5. The van der Waals surface area contributed by atoms with E-state index in [-0.39, 0.29) is 0 Å². The van der Waals surface area contributed by atoms with E-state index in [2.05, 4.69) is 48.4 Å². The van der Waals surface area contributed by atoms with Gasteiger partial charge < -0.3 is 10.6 Å². The van der Waals surface area contributed by atoms with Crippen molar-refractivity contribution >= 4 is 11.3 Å². The number of piperidine rings is 1. The lowest BCUT2D eigenvalue weighted by atomic mass is 9.85. The van der Waals surface area contributed by atoms with Gasteiger partial charge in [0.15, 0.2) is 0 Å². The van der Waals surface area contributed by atoms with E-state index in [9.17, 15) is 0 Å². The summed E-state index contributed by atoms with van der Waals surface area (Å²) in [4.78, 5) is 0. The van der Waals surface area contributed by atoms with Crippen LogP contribution in [0.2, 0.25) is 0 Å². The fraction of sp³-hybridized carbons (Fsp3) is 0.500. The van der Waals surface area contributed by atoms with Crippen LogP contribution >= 0.6 is 0 Å². The molecule has 2 nitrogen and oxygen atoms in total. The van der Waals surface area contributed by atoms with Crippen LogP contribution in [0.5, 0.6) is 0 Å². The Bertz CT molecular complexity index is 405. The SMILES string of the molecule is C=C(c1ccccc1NC)C(C)C1CCCCN1. The van der Waals surface area contributed by atoms with Gasteiger partial charge in [-0.1, -0.05) is 38.1 Å². The predicted molar refractivity (Wildman–Crippen MR) is 79.8 cm³/mol. The van der Waals surface area contributed by atoms with E-state index in [1.165, 1.54) is 36.1 Å². The largest absolute Gasteiger partial charge is 0.388 e. The van der Waals surface area contributed by atoms with Crippen LogP contribution in [-0.4, -0.2) is 19.6 Å². The average molecular weight is 244 g/mol. The molecule has 0 aliphatic carbocycles. The fourth-order valence-corrected chi connectivity index (χ4v) is 2.77. The molecular weight excluding hydrogens is 220 g/mol. The van der Waals surface area contributed by atoms with Gasteiger partial charge >= 0.3 is 0 Å². The van der Waals surface area contributed by atoms with E-state index < -0.39 is 0 Å². The third-order valence-corrected chi connectivity index (χ3v) is 4.04. The first kappa shape index (κ1) is 13.2. The summed E-state index contributed by atoms with van der Waals surface area (Å²) in [6.07, 6.45) is 3.91. The third kappa shape index (κ3) is 2.75. The number of benzene rings is 1. The van der Waals surface area contributed by atoms with Crippen molar-refractivity contribution in [3.05, 3.63) is 36.4 Å². The molecule has 1 heterocycles. The Morgan fingerprint density at radius 1 is 1.39 bits per heavy atom. The van der Waals surface area contributed by atoms with Gasteiger partial charge in [0.1, 0.15) is 0 Å². The first-order valence-corrected chi connectivity index (χ1v) is 6.93. The summed E-state index contributed by atoms with van der Waals surface area (Å²) in [6.45, 7) is 7.77. The molecule has 2 atom stereocenters. The summed E-state index contributed by atoms with van der Waals surface area (Å²) in [5.74, 6) is 0.486. The normalized spacial score (nSPS) is 21.3. The zero-order valence-corrected chi connectivity index (χ0v) is 11.5. The van der Waals surface area contributed by atoms with Crippen molar-refractivity contribution in [2.45, 2.75) is 32.2 Å². The highest BCUT2D eigenvalue weighted by Gasteiger charge is 2.23. The molecule has 0 saturated carbocycles. The highest BCUT2D eigenvalue weighted by Crippen LogP contribution is 2.31. The lowest BCUT2D eigenvalue weighted by Gasteiger charge is -2.31. The summed E-state index contributed by atoms with van der Waals surface area (Å²) >= 11 is 0. The molecule has 1 aromatic rings. The van der Waals surface area contributed by atoms with Crippen molar-refractivity contribution in [2.75, 3.05) is 18.9 Å². The van der Waals surface area contributed by atoms with Gasteiger partial charge in [-0.25, -0.2) is 0 Å². The van der Waals surface area contributed by atoms with Gasteiger partial charge in [0.2, 0.25) is 0 Å². The van der Waals surface area contributed by atoms with E-state index in [0.29, 0.717) is 12.0 Å². The first-order chi connectivity index (χ1) is 8.74. The Morgan fingerprint density at radius 3 is 2.83 bits per heavy atom. The molecule has 0 spiro atoms. The second-order valence-corrected chi connectivity index (χ2v) is 5.17. The van der Waals surface area contributed by atoms with Crippen LogP contribution < -0.4 is 10.6 Å². The van der Waals surface area contributed by atoms with E-state index in [1.807, 2.05) is 7.05 Å². The van der Waals surface area contributed by atoms with Crippen molar-refractivity contribution < 1.29 is 0 Å². The molecule has 0 bridgehead atoms. The van der Waals surface area contributed by atoms with Crippen LogP contribution in [0, 0.1) is 5.92 Å². The molecule has 2 unspecified atom stereocenters. The maximum Gasteiger partial charge on any atom is 0.0413 e. The van der Waals surface area contributed by atoms with Crippen molar-refractivity contribution in [2.24, 2.45) is 5.92 Å². The van der Waals surface area contributed by atoms with Gasteiger partial charge in [-0.3, -0.25) is 0 Å². The lowest BCUT2D eigenvalue weighted by Crippen LogP contribution is -2.39. The van der Waals surface area contributed by atoms with Crippen LogP contribution in [0.4, 0.5) is 5.69 Å². The third-order valence-electron chi connectivity index (χ3n) is 4.04. The summed E-state index contributed by atoms with van der Waals surface area (Å²) in [6, 6.07) is 9.00. The van der Waals surface area contributed by atoms with E-state index in [0.717, 1.165) is 6.54 Å². The molecule has 0 amide bonds. The van der Waals surface area contributed by atoms with E-state index in [1.54, 1.807) is 0 Å². The van der Waals surface area contributed by atoms with Crippen molar-refractivity contribution in [3.63, 3.8) is 0 Å². The number of hydrogen-bond donors (Lipinski definition) is 2. The van der Waals surface area contributed by atoms with E-state index in [4.69, 9.17) is 0 Å². The highest BCUT2D eigenvalue weighted by atomic mass is 14.9. The summed E-state index contributed by atoms with van der Waals surface area (Å²) < 4.78 is 0. The molecule has 2 heteroatoms. The number of hydrogen-bond acceptors (Lipinski definition) is 2. The maximum atomic E-state index is 4.33. The quantitative estimate of drug-likeness (QED) is 0.847. The first-order valence-electron chi connectivity index (χ1n) is 6.93. The van der Waals surface area contributed by atoms with Crippen LogP contribution in [0.25, 0.3) is 5.57 Å². The van der Waals surface area contributed by atoms with E-state index >= 15 is 0 Å². The molecule has 1 aliphatic heterocycles. The molecule has 1 aliphatic rings. The molecule has 1 saturated heterocycles. The zero-order chi connectivity index (χ0) is 13.0. The van der Waals surface area contributed by atoms with Crippen LogP contribution in [-0.2, 0) is 0 Å². The molecular formula is C16H24N2. The van der Waals surface area contributed by atoms with Crippen LogP contribution in [0.1, 0.15) is 31.7 Å². The van der Waals surface area contributed by atoms with Gasteiger partial charge in [0, 0.05) is 24.3 Å². The second-order valence-electron chi connectivity index (χ2n) is 5.17. The second kappa shape index (κ2) is 6.05. The van der Waals surface area contributed by atoms with Crippen molar-refractivity contribution in [1.82, 2.24) is 5.32 Å². The van der Waals surface area contributed by atoms with Crippen molar-refractivity contribution in [3.8, 4) is 0 Å². The molecule has 2 rings (SSSR count).